The number of hydrogen-bond donors (Lipinski definition) is 3. The Kier molecular flexibility index (Phi) is 7.44. The summed E-state index contributed by atoms with van der Waals surface area (Å²) in [6.45, 7) is 3.36. The van der Waals surface area contributed by atoms with Gasteiger partial charge in [-0.3, -0.25) is 4.79 Å². The molecule has 2 atom stereocenters. The van der Waals surface area contributed by atoms with Crippen molar-refractivity contribution in [3.63, 3.8) is 0 Å². The Bertz CT molecular complexity index is 644. The SMILES string of the molecule is C[C@@H](NCCC[C@@H](N)C(=O)O)c1ccc(OCc2ccccc2)cc1. The smallest absolute Gasteiger partial charge is 0.320 e. The molecule has 0 radical (unpaired) electrons. The van der Waals surface area contributed by atoms with Crippen LogP contribution in [-0.4, -0.2) is 23.7 Å². The van der Waals surface area contributed by atoms with E-state index in [0.717, 1.165) is 29.8 Å². The number of aliphatic carboxylic acids is 1. The molecule has 2 aromatic rings. The molecule has 134 valence electrons. The highest BCUT2D eigenvalue weighted by molar-refractivity contribution is 5.72. The number of hydrogen-bond acceptors (Lipinski definition) is 4. The van der Waals surface area contributed by atoms with Crippen molar-refractivity contribution in [2.75, 3.05) is 6.54 Å². The van der Waals surface area contributed by atoms with E-state index in [-0.39, 0.29) is 6.04 Å². The van der Waals surface area contributed by atoms with Crippen molar-refractivity contribution in [1.82, 2.24) is 5.32 Å². The third kappa shape index (κ3) is 6.57. The zero-order valence-corrected chi connectivity index (χ0v) is 14.5. The van der Waals surface area contributed by atoms with Gasteiger partial charge in [0.05, 0.1) is 0 Å². The van der Waals surface area contributed by atoms with Crippen LogP contribution < -0.4 is 15.8 Å². The van der Waals surface area contributed by atoms with E-state index in [1.54, 1.807) is 0 Å². The molecule has 25 heavy (non-hydrogen) atoms. The summed E-state index contributed by atoms with van der Waals surface area (Å²) < 4.78 is 5.78. The Morgan fingerprint density at radius 3 is 2.48 bits per heavy atom. The van der Waals surface area contributed by atoms with Crippen LogP contribution in [0.1, 0.15) is 36.9 Å². The molecular formula is C20H26N2O3. The van der Waals surface area contributed by atoms with Gasteiger partial charge in [0.25, 0.3) is 0 Å². The van der Waals surface area contributed by atoms with Crippen molar-refractivity contribution in [2.45, 2.75) is 38.5 Å². The maximum absolute atomic E-state index is 10.7. The van der Waals surface area contributed by atoms with Crippen LogP contribution in [0.25, 0.3) is 0 Å². The van der Waals surface area contributed by atoms with Gasteiger partial charge in [-0.05, 0) is 49.6 Å². The van der Waals surface area contributed by atoms with Gasteiger partial charge in [0.2, 0.25) is 0 Å². The van der Waals surface area contributed by atoms with E-state index in [4.69, 9.17) is 15.6 Å². The van der Waals surface area contributed by atoms with Crippen molar-refractivity contribution >= 4 is 5.97 Å². The number of nitrogens with one attached hydrogen (secondary N) is 1. The first-order valence-corrected chi connectivity index (χ1v) is 8.54. The molecule has 0 aromatic heterocycles. The first-order chi connectivity index (χ1) is 12.1. The lowest BCUT2D eigenvalue weighted by atomic mass is 10.1. The summed E-state index contributed by atoms with van der Waals surface area (Å²) in [4.78, 5) is 10.7. The Morgan fingerprint density at radius 1 is 1.16 bits per heavy atom. The summed E-state index contributed by atoms with van der Waals surface area (Å²) in [6, 6.07) is 17.5. The molecule has 0 fully saturated rings. The minimum Gasteiger partial charge on any atom is -0.489 e. The van der Waals surface area contributed by atoms with Crippen molar-refractivity contribution < 1.29 is 14.6 Å². The van der Waals surface area contributed by atoms with Crippen LogP contribution in [0.3, 0.4) is 0 Å². The normalized spacial score (nSPS) is 13.2. The monoisotopic (exact) mass is 342 g/mol. The van der Waals surface area contributed by atoms with E-state index in [9.17, 15) is 4.79 Å². The van der Waals surface area contributed by atoms with E-state index >= 15 is 0 Å². The van der Waals surface area contributed by atoms with E-state index in [1.165, 1.54) is 0 Å². The number of nitrogens with two attached hydrogens (primary N) is 1. The van der Waals surface area contributed by atoms with Crippen LogP contribution in [0.2, 0.25) is 0 Å². The van der Waals surface area contributed by atoms with Crippen LogP contribution in [0.15, 0.2) is 54.6 Å². The molecule has 5 nitrogen and oxygen atoms in total. The first-order valence-electron chi connectivity index (χ1n) is 8.54. The van der Waals surface area contributed by atoms with Gasteiger partial charge < -0.3 is 20.9 Å². The van der Waals surface area contributed by atoms with E-state index in [0.29, 0.717) is 13.0 Å². The summed E-state index contributed by atoms with van der Waals surface area (Å²) in [5, 5.41) is 12.1. The van der Waals surface area contributed by atoms with Gasteiger partial charge >= 0.3 is 5.97 Å². The molecule has 0 aliphatic carbocycles. The number of ether oxygens (including phenoxy) is 1. The molecule has 4 N–H and O–H groups in total. The van der Waals surface area contributed by atoms with E-state index in [1.807, 2.05) is 54.6 Å². The molecule has 0 amide bonds. The summed E-state index contributed by atoms with van der Waals surface area (Å²) in [5.74, 6) is -0.105. The molecule has 0 saturated heterocycles. The standard InChI is InChI=1S/C20H26N2O3/c1-15(22-13-5-8-19(21)20(23)24)17-9-11-18(12-10-17)25-14-16-6-3-2-4-7-16/h2-4,6-7,9-12,15,19,22H,5,8,13-14,21H2,1H3,(H,23,24)/t15-,19-/m1/s1. The van der Waals surface area contributed by atoms with Crippen molar-refractivity contribution in [1.29, 1.82) is 0 Å². The minimum absolute atomic E-state index is 0.184. The van der Waals surface area contributed by atoms with Gasteiger partial charge in [-0.2, -0.15) is 0 Å². The predicted molar refractivity (Wildman–Crippen MR) is 98.5 cm³/mol. The van der Waals surface area contributed by atoms with Gasteiger partial charge in [-0.15, -0.1) is 0 Å². The van der Waals surface area contributed by atoms with Crippen molar-refractivity contribution in [2.24, 2.45) is 5.73 Å². The second-order valence-corrected chi connectivity index (χ2v) is 6.11. The fourth-order valence-corrected chi connectivity index (χ4v) is 2.48. The molecule has 2 aromatic carbocycles. The molecule has 0 saturated carbocycles. The second-order valence-electron chi connectivity index (χ2n) is 6.11. The van der Waals surface area contributed by atoms with Gasteiger partial charge in [-0.1, -0.05) is 42.5 Å². The van der Waals surface area contributed by atoms with Crippen LogP contribution >= 0.6 is 0 Å². The fraction of sp³-hybridized carbons (Fsp3) is 0.350. The van der Waals surface area contributed by atoms with Gasteiger partial charge in [0.1, 0.15) is 18.4 Å². The number of carboxylic acids is 1. The lowest BCUT2D eigenvalue weighted by Crippen LogP contribution is -2.31. The molecule has 0 heterocycles. The maximum atomic E-state index is 10.7. The molecule has 0 unspecified atom stereocenters. The number of carboxylic acid groups (broad SMARTS) is 1. The zero-order valence-electron chi connectivity index (χ0n) is 14.5. The minimum atomic E-state index is -0.945. The third-order valence-corrected chi connectivity index (χ3v) is 4.09. The molecule has 5 heteroatoms. The van der Waals surface area contributed by atoms with Crippen LogP contribution in [-0.2, 0) is 11.4 Å². The van der Waals surface area contributed by atoms with Crippen molar-refractivity contribution in [3.05, 3.63) is 65.7 Å². The van der Waals surface area contributed by atoms with Gasteiger partial charge in [0, 0.05) is 6.04 Å². The van der Waals surface area contributed by atoms with Gasteiger partial charge in [-0.25, -0.2) is 0 Å². The van der Waals surface area contributed by atoms with E-state index < -0.39 is 12.0 Å². The molecule has 0 aliphatic rings. The molecule has 0 aliphatic heterocycles. The topological polar surface area (TPSA) is 84.6 Å². The zero-order chi connectivity index (χ0) is 18.1. The Hall–Kier alpha value is -2.37. The lowest BCUT2D eigenvalue weighted by Gasteiger charge is -2.15. The quantitative estimate of drug-likeness (QED) is 0.578. The van der Waals surface area contributed by atoms with Crippen molar-refractivity contribution in [3.8, 4) is 5.75 Å². The van der Waals surface area contributed by atoms with Crippen LogP contribution in [0.4, 0.5) is 0 Å². The van der Waals surface area contributed by atoms with Crippen LogP contribution in [0.5, 0.6) is 5.75 Å². The molecule has 2 rings (SSSR count). The Morgan fingerprint density at radius 2 is 1.84 bits per heavy atom. The average molecular weight is 342 g/mol. The maximum Gasteiger partial charge on any atom is 0.320 e. The predicted octanol–water partition coefficient (Wildman–Crippen LogP) is 3.11. The summed E-state index contributed by atoms with van der Waals surface area (Å²) >= 11 is 0. The largest absolute Gasteiger partial charge is 0.489 e. The molecule has 0 spiro atoms. The Balaban J connectivity index is 1.74. The second kappa shape index (κ2) is 9.81. The highest BCUT2D eigenvalue weighted by Crippen LogP contribution is 2.18. The third-order valence-electron chi connectivity index (χ3n) is 4.09. The lowest BCUT2D eigenvalue weighted by molar-refractivity contribution is -0.138. The van der Waals surface area contributed by atoms with E-state index in [2.05, 4.69) is 12.2 Å². The highest BCUT2D eigenvalue weighted by atomic mass is 16.5. The Labute approximate surface area is 148 Å². The summed E-state index contributed by atoms with van der Waals surface area (Å²) in [6.07, 6.45) is 1.21. The summed E-state index contributed by atoms with van der Waals surface area (Å²) in [5.41, 5.74) is 7.79. The van der Waals surface area contributed by atoms with Crippen LogP contribution in [0, 0.1) is 0 Å². The summed E-state index contributed by atoms with van der Waals surface area (Å²) in [7, 11) is 0. The number of benzene rings is 2. The van der Waals surface area contributed by atoms with Gasteiger partial charge in [0.15, 0.2) is 0 Å². The molecular weight excluding hydrogens is 316 g/mol. The fourth-order valence-electron chi connectivity index (χ4n) is 2.48. The molecule has 0 bridgehead atoms. The average Bonchev–Trinajstić information content (AvgIpc) is 2.64. The number of carbonyl (C=O) groups is 1. The highest BCUT2D eigenvalue weighted by Gasteiger charge is 2.11. The first kappa shape index (κ1) is 19.0. The number of rotatable bonds is 10.